The van der Waals surface area contributed by atoms with Gasteiger partial charge in [-0.15, -0.1) is 22.6 Å². The second kappa shape index (κ2) is 37.0. The summed E-state index contributed by atoms with van der Waals surface area (Å²) in [5.41, 5.74) is 14.2. The van der Waals surface area contributed by atoms with Gasteiger partial charge in [0.05, 0.1) is 32.0 Å². The highest BCUT2D eigenvalue weighted by Crippen LogP contribution is 2.35. The number of esters is 1. The van der Waals surface area contributed by atoms with Crippen LogP contribution >= 0.6 is 58.8 Å². The number of benzene rings is 8. The Morgan fingerprint density at radius 2 is 0.903 bits per heavy atom. The third-order valence-electron chi connectivity index (χ3n) is 13.3. The summed E-state index contributed by atoms with van der Waals surface area (Å²) in [6.45, 7) is 13.1. The molecule has 0 radical (unpaired) electrons. The molecule has 0 unspecified atom stereocenters. The van der Waals surface area contributed by atoms with Crippen LogP contribution in [0.4, 0.5) is 0 Å². The molecule has 8 aromatic carbocycles. The van der Waals surface area contributed by atoms with Crippen molar-refractivity contribution in [3.8, 4) is 56.5 Å². The van der Waals surface area contributed by atoms with E-state index >= 15 is 0 Å². The summed E-state index contributed by atoms with van der Waals surface area (Å²) in [7, 11) is 3.33. The SMILES string of the molecule is C.CC(C)(C)OC(=O)CCN.COc1ccc2cc(-c3cc(-c4cc(Cl)cc(Cl)c4)nn3OCc3ccc(C(=O)CCCC(C)(C)C)cc3)ccc2c1.COc1ccc2cc(-c3cc(-c4cc(Cl)cc(Cl)c4)nn3OCc3ccccc3)ccc2c1.Cl.O=C=O.O=C=O. The molecule has 0 spiro atoms. The number of ketones is 1. The fourth-order valence-corrected chi connectivity index (χ4v) is 10.1. The first-order valence-corrected chi connectivity index (χ1v) is 30.1. The van der Waals surface area contributed by atoms with E-state index in [1.165, 1.54) is 0 Å². The predicted molar refractivity (Wildman–Crippen MR) is 369 cm³/mol. The van der Waals surface area contributed by atoms with Gasteiger partial charge >= 0.3 is 18.3 Å². The van der Waals surface area contributed by atoms with Gasteiger partial charge in [-0.1, -0.05) is 175 Å². The molecule has 0 saturated heterocycles. The van der Waals surface area contributed by atoms with Crippen LogP contribution in [0.15, 0.2) is 176 Å². The number of rotatable bonds is 18. The zero-order valence-corrected chi connectivity index (χ0v) is 55.8. The minimum Gasteiger partial charge on any atom is -0.497 e. The van der Waals surface area contributed by atoms with Crippen molar-refractivity contribution in [3.63, 3.8) is 0 Å². The second-order valence-electron chi connectivity index (χ2n) is 22.6. The maximum absolute atomic E-state index is 12.7. The first-order chi connectivity index (χ1) is 43.4. The maximum Gasteiger partial charge on any atom is 0.373 e. The number of Topliss-reactive ketones (excluding diaryl/α,β-unsaturated/α-hetero) is 1. The van der Waals surface area contributed by atoms with Crippen molar-refractivity contribution in [2.75, 3.05) is 20.8 Å². The summed E-state index contributed by atoms with van der Waals surface area (Å²) >= 11 is 25.1. The molecule has 0 aliphatic heterocycles. The molecule has 2 heterocycles. The highest BCUT2D eigenvalue weighted by molar-refractivity contribution is 6.35. The van der Waals surface area contributed by atoms with Crippen molar-refractivity contribution >= 4 is 104 Å². The molecule has 93 heavy (non-hydrogen) atoms. The van der Waals surface area contributed by atoms with Crippen LogP contribution in [-0.4, -0.2) is 70.3 Å². The molecule has 0 saturated carbocycles. The maximum atomic E-state index is 12.7. The number of ether oxygens (including phenoxy) is 3. The lowest BCUT2D eigenvalue weighted by Crippen LogP contribution is -2.25. The van der Waals surface area contributed by atoms with Crippen LogP contribution in [0.1, 0.15) is 96.1 Å². The number of halogens is 5. The number of methoxy groups -OCH3 is 2. The van der Waals surface area contributed by atoms with Crippen molar-refractivity contribution < 1.29 is 52.7 Å². The molecule has 2 aromatic heterocycles. The lowest BCUT2D eigenvalue weighted by molar-refractivity contribution is -0.193. The number of nitrogens with two attached hydrogens (primary N) is 1. The molecule has 0 aliphatic carbocycles. The van der Waals surface area contributed by atoms with E-state index in [0.717, 1.165) is 102 Å². The van der Waals surface area contributed by atoms with Crippen LogP contribution in [0.5, 0.6) is 11.5 Å². The van der Waals surface area contributed by atoms with Crippen molar-refractivity contribution in [1.82, 2.24) is 19.9 Å². The molecule has 0 amide bonds. The highest BCUT2D eigenvalue weighted by Gasteiger charge is 2.19. The molecular weight excluding hydrogens is 1290 g/mol. The van der Waals surface area contributed by atoms with E-state index in [1.807, 2.05) is 154 Å². The van der Waals surface area contributed by atoms with Gasteiger partial charge in [0.1, 0.15) is 41.7 Å². The van der Waals surface area contributed by atoms with Crippen LogP contribution in [0, 0.1) is 5.41 Å². The van der Waals surface area contributed by atoms with Crippen molar-refractivity contribution in [2.24, 2.45) is 11.1 Å². The molecule has 0 bridgehead atoms. The number of hydrogen-bond acceptors (Lipinski definition) is 14. The Hall–Kier alpha value is -8.79. The Kier molecular flexibility index (Phi) is 30.5. The van der Waals surface area contributed by atoms with Gasteiger partial charge in [-0.25, -0.2) is 0 Å². The van der Waals surface area contributed by atoms with Gasteiger partial charge in [-0.3, -0.25) is 9.59 Å². The average molecular weight is 1360 g/mol. The minimum atomic E-state index is -0.383. The van der Waals surface area contributed by atoms with Crippen molar-refractivity contribution in [3.05, 3.63) is 213 Å². The zero-order chi connectivity index (χ0) is 66.3. The lowest BCUT2D eigenvalue weighted by Gasteiger charge is -2.18. The number of hydrogen-bond donors (Lipinski definition) is 1. The number of aromatic nitrogens is 4. The molecule has 10 rings (SSSR count). The lowest BCUT2D eigenvalue weighted by atomic mass is 9.89. The van der Waals surface area contributed by atoms with E-state index in [0.29, 0.717) is 51.8 Å². The smallest absolute Gasteiger partial charge is 0.373 e. The van der Waals surface area contributed by atoms with Crippen LogP contribution < -0.4 is 24.9 Å². The number of nitrogens with zero attached hydrogens (tertiary/aromatic N) is 4. The fraction of sp³-hybridized carbons (Fsp3) is 0.250. The summed E-state index contributed by atoms with van der Waals surface area (Å²) in [5.74, 6) is 1.57. The second-order valence-corrected chi connectivity index (χ2v) is 24.4. The Bertz CT molecular complexity index is 4080. The number of fused-ring (bicyclic) bond motifs is 2. The molecule has 2 N–H and O–H groups in total. The van der Waals surface area contributed by atoms with Gasteiger partial charge < -0.3 is 29.6 Å². The molecule has 10 aromatic rings. The minimum absolute atomic E-state index is 0. The van der Waals surface area contributed by atoms with Crippen LogP contribution in [0.25, 0.3) is 66.6 Å². The van der Waals surface area contributed by atoms with Gasteiger partial charge in [0.25, 0.3) is 0 Å². The third kappa shape index (κ3) is 24.3. The van der Waals surface area contributed by atoms with Crippen molar-refractivity contribution in [1.29, 1.82) is 0 Å². The zero-order valence-electron chi connectivity index (χ0n) is 52.0. The summed E-state index contributed by atoms with van der Waals surface area (Å²) < 4.78 is 15.7. The standard InChI is InChI=1S/C35H34Cl2N2O3.C27H20Cl2N2O2.C7H15NO2.2CO2.CH4.ClH/c1-35(2,3)15-5-6-34(40)24-9-7-23(8-10-24)22-42-39-33(21-32(38-39)28-17-29(36)20-30(37)18-28)27-12-11-26-19-31(41-4)14-13-25(26)16-27;1-32-25-10-9-19-11-21(8-7-20(19)14-25)27-16-26(22-12-23(28)15-24(29)13-22)30-31(27)33-17-18-5-3-2-4-6-18;1-7(2,3)10-6(9)4-5-8;2*2-1-3;;/h7-14,16-21H,5-6,15,22H2,1-4H3;2-16H,17H2,1H3;4-5,8H2,1-3H3;;;1H4;1H. The summed E-state index contributed by atoms with van der Waals surface area (Å²) in [4.78, 5) is 71.4. The predicted octanol–water partition coefficient (Wildman–Crippen LogP) is 17.6. The van der Waals surface area contributed by atoms with E-state index in [-0.39, 0.29) is 61.5 Å². The van der Waals surface area contributed by atoms with Crippen LogP contribution in [-0.2, 0) is 41.9 Å². The number of carbonyl (C=O) groups is 2. The van der Waals surface area contributed by atoms with Gasteiger partial charge in [-0.2, -0.15) is 19.2 Å². The van der Waals surface area contributed by atoms with Gasteiger partial charge in [0, 0.05) is 60.9 Å². The normalized spacial score (nSPS) is 10.5. The van der Waals surface area contributed by atoms with Crippen LogP contribution in [0.3, 0.4) is 0 Å². The topological polar surface area (TPSA) is 210 Å². The molecule has 21 heteroatoms. The molecule has 0 fully saturated rings. The van der Waals surface area contributed by atoms with Crippen LogP contribution in [0.2, 0.25) is 20.1 Å². The molecule has 16 nitrogen and oxygen atoms in total. The van der Waals surface area contributed by atoms with E-state index in [9.17, 15) is 9.59 Å². The van der Waals surface area contributed by atoms with E-state index < -0.39 is 0 Å². The fourth-order valence-electron chi connectivity index (χ4n) is 9.09. The van der Waals surface area contributed by atoms with Gasteiger partial charge in [0.2, 0.25) is 0 Å². The van der Waals surface area contributed by atoms with E-state index in [1.54, 1.807) is 36.0 Å². The summed E-state index contributed by atoms with van der Waals surface area (Å²) in [5, 5.41) is 16.0. The third-order valence-corrected chi connectivity index (χ3v) is 14.2. The Labute approximate surface area is 568 Å². The van der Waals surface area contributed by atoms with Gasteiger partial charge in [-0.05, 0) is 157 Å². The largest absolute Gasteiger partial charge is 0.497 e. The van der Waals surface area contributed by atoms with E-state index in [4.69, 9.17) is 105 Å². The Balaban J connectivity index is 0.000000321. The quantitative estimate of drug-likeness (QED) is 0.0626. The summed E-state index contributed by atoms with van der Waals surface area (Å²) in [6.07, 6.45) is 3.26. The van der Waals surface area contributed by atoms with Gasteiger partial charge in [0.15, 0.2) is 5.78 Å². The van der Waals surface area contributed by atoms with E-state index in [2.05, 4.69) is 51.1 Å². The Morgan fingerprint density at radius 1 is 0.505 bits per heavy atom. The van der Waals surface area contributed by atoms with Crippen molar-refractivity contribution in [2.45, 2.75) is 93.5 Å². The monoisotopic (exact) mass is 1360 g/mol. The average Bonchev–Trinajstić information content (AvgIpc) is 1.70. The molecule has 488 valence electrons. The Morgan fingerprint density at radius 3 is 1.29 bits per heavy atom. The summed E-state index contributed by atoms with van der Waals surface area (Å²) in [6, 6.07) is 56.7. The molecular formula is C72H74Cl5N5O11. The number of carbonyl (C=O) groups excluding carboxylic acids is 6. The highest BCUT2D eigenvalue weighted by atomic mass is 35.5. The first kappa shape index (κ1) is 76.7. The first-order valence-electron chi connectivity index (χ1n) is 28.6. The molecule has 0 atom stereocenters. The molecule has 0 aliphatic rings.